The summed E-state index contributed by atoms with van der Waals surface area (Å²) >= 11 is 0. The number of rotatable bonds is 7. The lowest BCUT2D eigenvalue weighted by molar-refractivity contribution is 0.602. The fourth-order valence-electron chi connectivity index (χ4n) is 1.47. The van der Waals surface area contributed by atoms with Crippen LogP contribution in [0.5, 0.6) is 0 Å². The van der Waals surface area contributed by atoms with Crippen molar-refractivity contribution in [1.29, 1.82) is 0 Å². The lowest BCUT2D eigenvalue weighted by Crippen LogP contribution is -2.20. The Morgan fingerprint density at radius 1 is 1.32 bits per heavy atom. The molecule has 1 unspecified atom stereocenters. The number of sulfone groups is 1. The van der Waals surface area contributed by atoms with Crippen LogP contribution in [0.4, 0.5) is 5.69 Å². The summed E-state index contributed by atoms with van der Waals surface area (Å²) in [4.78, 5) is 11.5. The molecule has 1 heterocycles. The summed E-state index contributed by atoms with van der Waals surface area (Å²) in [6.07, 6.45) is 3.21. The van der Waals surface area contributed by atoms with Crippen LogP contribution >= 0.6 is 0 Å². The number of hydrogen-bond donors (Lipinski definition) is 1. The zero-order valence-corrected chi connectivity index (χ0v) is 12.4. The molecule has 8 heteroatoms. The number of aromatic nitrogens is 1. The number of anilines is 1. The number of hydrogen-bond acceptors (Lipinski definition) is 5. The molecule has 1 aromatic heterocycles. The van der Waals surface area contributed by atoms with Gasteiger partial charge in [0.15, 0.2) is 0 Å². The van der Waals surface area contributed by atoms with Crippen LogP contribution in [-0.4, -0.2) is 40.7 Å². The number of nitrogens with zero attached hydrogens (tertiary/aromatic N) is 1. The van der Waals surface area contributed by atoms with E-state index in [0.717, 1.165) is 6.26 Å². The summed E-state index contributed by atoms with van der Waals surface area (Å²) in [6.45, 7) is 0.425. The fourth-order valence-corrected chi connectivity index (χ4v) is 4.08. The van der Waals surface area contributed by atoms with Gasteiger partial charge in [-0.05, 0) is 12.5 Å². The van der Waals surface area contributed by atoms with Gasteiger partial charge >= 0.3 is 0 Å². The number of pyridine rings is 1. The SMILES string of the molecule is CS(=O)(=O)CCS(=O)CCCn1cc(N)ccc1=O. The molecule has 1 rings (SSSR count). The Hall–Kier alpha value is -1.15. The van der Waals surface area contributed by atoms with Crippen LogP contribution in [0, 0.1) is 0 Å². The molecule has 19 heavy (non-hydrogen) atoms. The van der Waals surface area contributed by atoms with Crippen molar-refractivity contribution < 1.29 is 12.6 Å². The predicted octanol–water partition coefficient (Wildman–Crippen LogP) is -0.386. The molecule has 0 aliphatic carbocycles. The number of nitrogens with two attached hydrogens (primary N) is 1. The Balaban J connectivity index is 2.40. The van der Waals surface area contributed by atoms with E-state index in [1.165, 1.54) is 16.7 Å². The van der Waals surface area contributed by atoms with E-state index in [0.29, 0.717) is 24.4 Å². The van der Waals surface area contributed by atoms with Crippen LogP contribution < -0.4 is 11.3 Å². The highest BCUT2D eigenvalue weighted by Gasteiger charge is 2.07. The van der Waals surface area contributed by atoms with Crippen molar-refractivity contribution in [3.05, 3.63) is 28.7 Å². The summed E-state index contributed by atoms with van der Waals surface area (Å²) < 4.78 is 34.9. The third kappa shape index (κ3) is 6.53. The Labute approximate surface area is 115 Å². The average Bonchev–Trinajstić information content (AvgIpc) is 2.30. The molecule has 0 spiro atoms. The lowest BCUT2D eigenvalue weighted by Gasteiger charge is -2.06. The van der Waals surface area contributed by atoms with Gasteiger partial charge in [0.05, 0.1) is 5.75 Å². The minimum absolute atomic E-state index is 0.0716. The molecule has 0 aliphatic heterocycles. The van der Waals surface area contributed by atoms with Gasteiger partial charge in [-0.2, -0.15) is 0 Å². The number of nitrogen functional groups attached to an aromatic ring is 1. The molecule has 0 aliphatic rings. The molecule has 108 valence electrons. The highest BCUT2D eigenvalue weighted by Crippen LogP contribution is 1.98. The van der Waals surface area contributed by atoms with E-state index in [1.807, 2.05) is 0 Å². The predicted molar refractivity (Wildman–Crippen MR) is 77.3 cm³/mol. The highest BCUT2D eigenvalue weighted by molar-refractivity contribution is 7.92. The van der Waals surface area contributed by atoms with Gasteiger partial charge < -0.3 is 10.3 Å². The Morgan fingerprint density at radius 2 is 2.00 bits per heavy atom. The minimum atomic E-state index is -3.07. The Morgan fingerprint density at radius 3 is 2.63 bits per heavy atom. The largest absolute Gasteiger partial charge is 0.398 e. The first-order chi connectivity index (χ1) is 8.78. The Kier molecular flexibility index (Phi) is 5.74. The molecule has 0 aromatic carbocycles. The Bertz CT molecular complexity index is 607. The van der Waals surface area contributed by atoms with E-state index < -0.39 is 20.6 Å². The topological polar surface area (TPSA) is 99.2 Å². The van der Waals surface area contributed by atoms with Gasteiger partial charge in [-0.3, -0.25) is 9.00 Å². The van der Waals surface area contributed by atoms with Gasteiger partial charge in [0.1, 0.15) is 9.84 Å². The molecule has 0 saturated heterocycles. The quantitative estimate of drug-likeness (QED) is 0.740. The fraction of sp³-hybridized carbons (Fsp3) is 0.545. The molecule has 1 atom stereocenters. The van der Waals surface area contributed by atoms with Gasteiger partial charge in [-0.1, -0.05) is 0 Å². The van der Waals surface area contributed by atoms with Crippen molar-refractivity contribution in [1.82, 2.24) is 4.57 Å². The second-order valence-corrected chi connectivity index (χ2v) is 8.28. The smallest absolute Gasteiger partial charge is 0.250 e. The van der Waals surface area contributed by atoms with Crippen LogP contribution in [0.3, 0.4) is 0 Å². The van der Waals surface area contributed by atoms with Crippen LogP contribution in [0.2, 0.25) is 0 Å². The maximum Gasteiger partial charge on any atom is 0.250 e. The highest BCUT2D eigenvalue weighted by atomic mass is 32.2. The zero-order valence-electron chi connectivity index (χ0n) is 10.7. The molecule has 0 saturated carbocycles. The second-order valence-electron chi connectivity index (χ2n) is 4.33. The third-order valence-corrected chi connectivity index (χ3v) is 5.07. The summed E-state index contributed by atoms with van der Waals surface area (Å²) in [7, 11) is -4.25. The molecule has 2 N–H and O–H groups in total. The van der Waals surface area contributed by atoms with Gasteiger partial charge in [-0.25, -0.2) is 8.42 Å². The normalized spacial score (nSPS) is 13.3. The monoisotopic (exact) mass is 306 g/mol. The van der Waals surface area contributed by atoms with Crippen LogP contribution in [0.15, 0.2) is 23.1 Å². The lowest BCUT2D eigenvalue weighted by atomic mass is 10.4. The van der Waals surface area contributed by atoms with Crippen LogP contribution in [0.25, 0.3) is 0 Å². The molecule has 0 bridgehead atoms. The standard InChI is InChI=1S/C11H18N2O4S2/c1-19(16,17)8-7-18(15)6-2-5-13-9-10(12)3-4-11(13)14/h3-4,9H,2,5-8,12H2,1H3. The molecule has 0 amide bonds. The van der Waals surface area contributed by atoms with E-state index in [-0.39, 0.29) is 17.1 Å². The first-order valence-corrected chi connectivity index (χ1v) is 9.31. The van der Waals surface area contributed by atoms with Crippen molar-refractivity contribution in [3.63, 3.8) is 0 Å². The molecule has 6 nitrogen and oxygen atoms in total. The summed E-state index contributed by atoms with van der Waals surface area (Å²) in [6, 6.07) is 2.92. The van der Waals surface area contributed by atoms with E-state index in [1.54, 1.807) is 6.20 Å². The molecule has 1 aromatic rings. The average molecular weight is 306 g/mol. The van der Waals surface area contributed by atoms with Crippen molar-refractivity contribution in [2.24, 2.45) is 0 Å². The van der Waals surface area contributed by atoms with Gasteiger partial charge in [0, 0.05) is 53.1 Å². The maximum absolute atomic E-state index is 11.6. The van der Waals surface area contributed by atoms with E-state index in [9.17, 15) is 17.4 Å². The molecular weight excluding hydrogens is 288 g/mol. The van der Waals surface area contributed by atoms with Crippen LogP contribution in [-0.2, 0) is 27.2 Å². The van der Waals surface area contributed by atoms with Crippen molar-refractivity contribution in [2.45, 2.75) is 13.0 Å². The van der Waals surface area contributed by atoms with Crippen LogP contribution in [0.1, 0.15) is 6.42 Å². The van der Waals surface area contributed by atoms with Crippen molar-refractivity contribution in [2.75, 3.05) is 29.2 Å². The maximum atomic E-state index is 11.6. The zero-order chi connectivity index (χ0) is 14.5. The second kappa shape index (κ2) is 6.85. The van der Waals surface area contributed by atoms with Gasteiger partial charge in [-0.15, -0.1) is 0 Å². The third-order valence-electron chi connectivity index (χ3n) is 2.46. The molecular formula is C11H18N2O4S2. The van der Waals surface area contributed by atoms with E-state index in [4.69, 9.17) is 5.73 Å². The van der Waals surface area contributed by atoms with Gasteiger partial charge in [0.25, 0.3) is 5.56 Å². The first kappa shape index (κ1) is 15.9. The van der Waals surface area contributed by atoms with Crippen molar-refractivity contribution >= 4 is 26.3 Å². The first-order valence-electron chi connectivity index (χ1n) is 5.76. The van der Waals surface area contributed by atoms with E-state index >= 15 is 0 Å². The number of aryl methyl sites for hydroxylation is 1. The van der Waals surface area contributed by atoms with Crippen molar-refractivity contribution in [3.8, 4) is 0 Å². The summed E-state index contributed by atoms with van der Waals surface area (Å²) in [5.41, 5.74) is 5.91. The molecule has 0 fully saturated rings. The summed E-state index contributed by atoms with van der Waals surface area (Å²) in [5, 5.41) is 0. The van der Waals surface area contributed by atoms with E-state index in [2.05, 4.69) is 0 Å². The summed E-state index contributed by atoms with van der Waals surface area (Å²) in [5.74, 6) is 0.444. The minimum Gasteiger partial charge on any atom is -0.398 e. The molecule has 0 radical (unpaired) electrons. The van der Waals surface area contributed by atoms with Gasteiger partial charge in [0.2, 0.25) is 0 Å².